The molecule has 4 atom stereocenters. The highest BCUT2D eigenvalue weighted by Gasteiger charge is 2.45. The van der Waals surface area contributed by atoms with E-state index in [9.17, 15) is 5.26 Å². The van der Waals surface area contributed by atoms with E-state index >= 15 is 0 Å². The first kappa shape index (κ1) is 36.6. The highest BCUT2D eigenvalue weighted by atomic mass is 15.0. The van der Waals surface area contributed by atoms with Crippen molar-refractivity contribution in [2.24, 2.45) is 17.8 Å². The predicted octanol–water partition coefficient (Wildman–Crippen LogP) is 14.0. The molecule has 7 aromatic carbocycles. The lowest BCUT2D eigenvalue weighted by Gasteiger charge is -2.50. The van der Waals surface area contributed by atoms with E-state index in [-0.39, 0.29) is 0 Å². The normalized spacial score (nSPS) is 19.9. The molecule has 2 fully saturated rings. The maximum atomic E-state index is 9.46. The Morgan fingerprint density at radius 3 is 1.41 bits per heavy atom. The molecule has 0 spiro atoms. The van der Waals surface area contributed by atoms with Gasteiger partial charge in [-0.15, -0.1) is 0 Å². The van der Waals surface area contributed by atoms with Gasteiger partial charge in [0.05, 0.1) is 11.6 Å². The molecule has 59 heavy (non-hydrogen) atoms. The number of nitriles is 1. The fraction of sp³-hybridized carbons (Fsp3) is 0.200. The minimum Gasteiger partial charge on any atom is -0.208 e. The maximum Gasteiger partial charge on any atom is 0.164 e. The molecule has 286 valence electrons. The minimum atomic E-state index is 0.327. The Bertz CT molecular complexity index is 2790. The fourth-order valence-corrected chi connectivity index (χ4v) is 10.6. The van der Waals surface area contributed by atoms with Gasteiger partial charge in [-0.25, -0.2) is 15.0 Å². The van der Waals surface area contributed by atoms with Gasteiger partial charge in [0.1, 0.15) is 0 Å². The summed E-state index contributed by atoms with van der Waals surface area (Å²) in [6.45, 7) is 4.92. The lowest BCUT2D eigenvalue weighted by atomic mass is 9.54. The molecule has 1 aromatic heterocycles. The van der Waals surface area contributed by atoms with Gasteiger partial charge >= 0.3 is 0 Å². The number of hydrogen-bond acceptors (Lipinski definition) is 4. The molecule has 8 aromatic rings. The van der Waals surface area contributed by atoms with E-state index in [0.29, 0.717) is 28.5 Å². The van der Waals surface area contributed by atoms with Crippen LogP contribution in [-0.2, 0) is 5.41 Å². The molecular weight excluding hydrogens is 717 g/mol. The van der Waals surface area contributed by atoms with Gasteiger partial charge in [-0.05, 0) is 129 Å². The van der Waals surface area contributed by atoms with Crippen molar-refractivity contribution in [3.8, 4) is 73.6 Å². The molecule has 0 amide bonds. The van der Waals surface area contributed by atoms with Crippen molar-refractivity contribution in [3.63, 3.8) is 0 Å². The second-order valence-corrected chi connectivity index (χ2v) is 17.2. The van der Waals surface area contributed by atoms with Crippen LogP contribution in [-0.4, -0.2) is 15.0 Å². The first-order valence-electron chi connectivity index (χ1n) is 21.1. The third-order valence-electron chi connectivity index (χ3n) is 13.0. The fourth-order valence-electron chi connectivity index (χ4n) is 10.6. The number of fused-ring (bicyclic) bond motifs is 3. The summed E-state index contributed by atoms with van der Waals surface area (Å²) in [6, 6.07) is 59.9. The average molecular weight is 763 g/mol. The molecule has 2 aliphatic carbocycles. The van der Waals surface area contributed by atoms with Crippen LogP contribution in [0.15, 0.2) is 164 Å². The van der Waals surface area contributed by atoms with Gasteiger partial charge in [0.2, 0.25) is 0 Å². The van der Waals surface area contributed by atoms with Crippen LogP contribution in [0.4, 0.5) is 0 Å². The van der Waals surface area contributed by atoms with Gasteiger partial charge in [-0.2, -0.15) is 5.26 Å². The molecular formula is C55H46N4. The third kappa shape index (κ3) is 7.12. The van der Waals surface area contributed by atoms with E-state index in [1.807, 2.05) is 24.3 Å². The van der Waals surface area contributed by atoms with Gasteiger partial charge in [0.15, 0.2) is 17.5 Å². The molecule has 4 heteroatoms. The smallest absolute Gasteiger partial charge is 0.164 e. The van der Waals surface area contributed by atoms with E-state index in [1.54, 1.807) is 0 Å². The Kier molecular flexibility index (Phi) is 9.46. The number of rotatable bonds is 7. The van der Waals surface area contributed by atoms with Crippen molar-refractivity contribution < 1.29 is 0 Å². The highest BCUT2D eigenvalue weighted by molar-refractivity contribution is 6.06. The highest BCUT2D eigenvalue weighted by Crippen LogP contribution is 2.54. The van der Waals surface area contributed by atoms with Crippen LogP contribution >= 0.6 is 0 Å². The van der Waals surface area contributed by atoms with Crippen LogP contribution in [0.25, 0.3) is 78.3 Å². The van der Waals surface area contributed by atoms with Crippen molar-refractivity contribution >= 4 is 10.8 Å². The second-order valence-electron chi connectivity index (χ2n) is 17.2. The summed E-state index contributed by atoms with van der Waals surface area (Å²) in [4.78, 5) is 15.1. The Labute approximate surface area is 347 Å². The Morgan fingerprint density at radius 2 is 0.898 bits per heavy atom. The summed E-state index contributed by atoms with van der Waals surface area (Å²) < 4.78 is 0. The SMILES string of the molecule is C[C@@H]1CC2C[C@H](C)CC(c3ccc(-c4ccc(-c5nc(-c6ccc(C#N)cc6)nc(-c6ccc(-c7cccc8cccc(-c9ccccc9)c78)cc6)n5)cc4)cc3)(C2)C1. The molecule has 2 saturated carbocycles. The van der Waals surface area contributed by atoms with Crippen LogP contribution in [0.1, 0.15) is 57.1 Å². The molecule has 0 saturated heterocycles. The molecule has 2 aliphatic rings. The predicted molar refractivity (Wildman–Crippen MR) is 241 cm³/mol. The molecule has 2 bridgehead atoms. The summed E-state index contributed by atoms with van der Waals surface area (Å²) in [5.41, 5.74) is 12.2. The summed E-state index contributed by atoms with van der Waals surface area (Å²) in [5, 5.41) is 11.9. The van der Waals surface area contributed by atoms with Crippen molar-refractivity contribution in [2.45, 2.75) is 51.4 Å². The van der Waals surface area contributed by atoms with Crippen molar-refractivity contribution in [1.82, 2.24) is 15.0 Å². The minimum absolute atomic E-state index is 0.327. The second kappa shape index (κ2) is 15.2. The summed E-state index contributed by atoms with van der Waals surface area (Å²) in [6.07, 6.45) is 6.75. The topological polar surface area (TPSA) is 62.5 Å². The quantitative estimate of drug-likeness (QED) is 0.162. The van der Waals surface area contributed by atoms with E-state index in [2.05, 4.69) is 159 Å². The number of nitrogens with zero attached hydrogens (tertiary/aromatic N) is 4. The Balaban J connectivity index is 0.981. The Hall–Kier alpha value is -6.70. The molecule has 2 unspecified atom stereocenters. The average Bonchev–Trinajstić information content (AvgIpc) is 3.28. The monoisotopic (exact) mass is 762 g/mol. The van der Waals surface area contributed by atoms with E-state index in [0.717, 1.165) is 40.0 Å². The van der Waals surface area contributed by atoms with Gasteiger partial charge in [0.25, 0.3) is 0 Å². The molecule has 1 heterocycles. The number of hydrogen-bond donors (Lipinski definition) is 0. The lowest BCUT2D eigenvalue weighted by Crippen LogP contribution is -2.42. The first-order valence-corrected chi connectivity index (χ1v) is 21.1. The first-order chi connectivity index (χ1) is 28.9. The zero-order valence-corrected chi connectivity index (χ0v) is 33.6. The van der Waals surface area contributed by atoms with Crippen LogP contribution < -0.4 is 0 Å². The summed E-state index contributed by atoms with van der Waals surface area (Å²) in [7, 11) is 0. The number of aromatic nitrogens is 3. The zero-order chi connectivity index (χ0) is 39.9. The van der Waals surface area contributed by atoms with Gasteiger partial charge < -0.3 is 0 Å². The molecule has 10 rings (SSSR count). The molecule has 4 nitrogen and oxygen atoms in total. The van der Waals surface area contributed by atoms with Crippen molar-refractivity contribution in [3.05, 3.63) is 175 Å². The van der Waals surface area contributed by atoms with Crippen molar-refractivity contribution in [1.29, 1.82) is 5.26 Å². The van der Waals surface area contributed by atoms with Crippen LogP contribution in [0.3, 0.4) is 0 Å². The van der Waals surface area contributed by atoms with Crippen LogP contribution in [0, 0.1) is 29.1 Å². The van der Waals surface area contributed by atoms with E-state index in [1.165, 1.54) is 76.3 Å². The van der Waals surface area contributed by atoms with Gasteiger partial charge in [0, 0.05) is 16.7 Å². The Morgan fingerprint density at radius 1 is 0.458 bits per heavy atom. The van der Waals surface area contributed by atoms with E-state index < -0.39 is 0 Å². The van der Waals surface area contributed by atoms with Gasteiger partial charge in [-0.3, -0.25) is 0 Å². The lowest BCUT2D eigenvalue weighted by molar-refractivity contribution is 0.0780. The zero-order valence-electron chi connectivity index (χ0n) is 33.6. The van der Waals surface area contributed by atoms with Gasteiger partial charge in [-0.1, -0.05) is 153 Å². The van der Waals surface area contributed by atoms with Crippen molar-refractivity contribution in [2.75, 3.05) is 0 Å². The summed E-state index contributed by atoms with van der Waals surface area (Å²) >= 11 is 0. The molecule has 0 aliphatic heterocycles. The van der Waals surface area contributed by atoms with Crippen LogP contribution in [0.5, 0.6) is 0 Å². The van der Waals surface area contributed by atoms with E-state index in [4.69, 9.17) is 15.0 Å². The standard InChI is InChI=1S/C55H46N4/c1-36-30-39-31-37(2)33-55(32-36,34-39)48-28-26-41(27-29-48)40-18-22-46(23-19-40)53-57-52(45-16-14-38(35-56)15-17-45)58-54(59-53)47-24-20-43(21-25-47)50-13-7-11-44-10-6-12-49(51(44)50)42-8-4-3-5-9-42/h3-29,36-37,39H,30-34H2,1-2H3/t36-,37+,39?,55?. The summed E-state index contributed by atoms with van der Waals surface area (Å²) in [5.74, 6) is 4.23. The largest absolute Gasteiger partial charge is 0.208 e. The maximum absolute atomic E-state index is 9.46. The van der Waals surface area contributed by atoms with Crippen LogP contribution in [0.2, 0.25) is 0 Å². The molecule has 0 radical (unpaired) electrons. The number of benzene rings is 7. The third-order valence-corrected chi connectivity index (χ3v) is 13.0. The molecule has 0 N–H and O–H groups in total.